The molecule has 1 saturated carbocycles. The van der Waals surface area contributed by atoms with Crippen LogP contribution in [0.2, 0.25) is 0 Å². The topological polar surface area (TPSA) is 116 Å². The number of ether oxygens (including phenoxy) is 3. The van der Waals surface area contributed by atoms with Gasteiger partial charge in [-0.2, -0.15) is 0 Å². The summed E-state index contributed by atoms with van der Waals surface area (Å²) in [5.41, 5.74) is 3.42. The van der Waals surface area contributed by atoms with Crippen LogP contribution in [0.25, 0.3) is 11.1 Å². The molecule has 1 aromatic heterocycles. The summed E-state index contributed by atoms with van der Waals surface area (Å²) in [7, 11) is -2.66. The van der Waals surface area contributed by atoms with Crippen LogP contribution in [0.5, 0.6) is 0 Å². The standard InChI is InChI=1S/C34H44N4O6S/c1-6-8-15-31-35-33(34(36-31)18-11-12-19-34)43-21-26-16-17-28(27(20-26)22-42-7-2)29-13-9-10-14-30(29)45(39,40)38(23-41-5)32-24(3)25(4)44-37-32/h9-10,13-14,16-17,20H,6-8,11-12,15,18-19,21-23H2,1-5H3. The van der Waals surface area contributed by atoms with Gasteiger partial charge in [-0.3, -0.25) is 4.99 Å². The predicted octanol–water partition coefficient (Wildman–Crippen LogP) is 7.12. The molecule has 10 nitrogen and oxygen atoms in total. The molecule has 242 valence electrons. The molecule has 1 aliphatic carbocycles. The van der Waals surface area contributed by atoms with Gasteiger partial charge in [-0.15, -0.1) is 0 Å². The van der Waals surface area contributed by atoms with Gasteiger partial charge in [0, 0.05) is 31.3 Å². The number of sulfonamides is 1. The lowest BCUT2D eigenvalue weighted by Crippen LogP contribution is -2.34. The molecular weight excluding hydrogens is 592 g/mol. The predicted molar refractivity (Wildman–Crippen MR) is 175 cm³/mol. The molecule has 1 aliphatic heterocycles. The van der Waals surface area contributed by atoms with Crippen molar-refractivity contribution in [3.63, 3.8) is 0 Å². The van der Waals surface area contributed by atoms with Gasteiger partial charge in [-0.25, -0.2) is 17.7 Å². The highest BCUT2D eigenvalue weighted by Gasteiger charge is 2.44. The van der Waals surface area contributed by atoms with E-state index in [4.69, 9.17) is 28.7 Å². The summed E-state index contributed by atoms with van der Waals surface area (Å²) in [6.45, 7) is 8.57. The lowest BCUT2D eigenvalue weighted by Gasteiger charge is -2.24. The van der Waals surface area contributed by atoms with E-state index in [1.54, 1.807) is 26.0 Å². The van der Waals surface area contributed by atoms with Crippen molar-refractivity contribution in [1.29, 1.82) is 0 Å². The van der Waals surface area contributed by atoms with Gasteiger partial charge in [0.1, 0.15) is 30.5 Å². The Kier molecular flexibility index (Phi) is 10.4. The highest BCUT2D eigenvalue weighted by atomic mass is 32.2. The summed E-state index contributed by atoms with van der Waals surface area (Å²) in [5, 5.41) is 4.04. The Hall–Kier alpha value is -3.54. The third-order valence-corrected chi connectivity index (χ3v) is 10.3. The minimum absolute atomic E-state index is 0.129. The van der Waals surface area contributed by atoms with E-state index in [9.17, 15) is 8.42 Å². The fraction of sp³-hybridized carbons (Fsp3) is 0.500. The molecule has 45 heavy (non-hydrogen) atoms. The van der Waals surface area contributed by atoms with E-state index in [2.05, 4.69) is 12.1 Å². The summed E-state index contributed by atoms with van der Waals surface area (Å²) >= 11 is 0. The van der Waals surface area contributed by atoms with Gasteiger partial charge in [0.2, 0.25) is 5.90 Å². The Labute approximate surface area is 266 Å². The third-order valence-electron chi connectivity index (χ3n) is 8.52. The molecule has 2 aliphatic rings. The number of aryl methyl sites for hydroxylation is 1. The summed E-state index contributed by atoms with van der Waals surface area (Å²) < 4.78 is 52.5. The number of nitrogens with zero attached hydrogens (tertiary/aromatic N) is 4. The number of unbranched alkanes of at least 4 members (excludes halogenated alkanes) is 1. The first-order valence-corrected chi connectivity index (χ1v) is 17.2. The number of rotatable bonds is 14. The number of amidine groups is 1. The van der Waals surface area contributed by atoms with Crippen LogP contribution in [-0.2, 0) is 37.4 Å². The molecule has 0 amide bonds. The van der Waals surface area contributed by atoms with Crippen molar-refractivity contribution >= 4 is 27.6 Å². The highest BCUT2D eigenvalue weighted by molar-refractivity contribution is 7.93. The maximum absolute atomic E-state index is 14.2. The van der Waals surface area contributed by atoms with Crippen molar-refractivity contribution in [2.45, 2.75) is 96.3 Å². The zero-order chi connectivity index (χ0) is 32.0. The van der Waals surface area contributed by atoms with E-state index in [1.165, 1.54) is 7.11 Å². The van der Waals surface area contributed by atoms with Crippen LogP contribution in [0.15, 0.2) is 61.9 Å². The van der Waals surface area contributed by atoms with Crippen LogP contribution >= 0.6 is 0 Å². The van der Waals surface area contributed by atoms with Crippen LogP contribution in [0.3, 0.4) is 0 Å². The summed E-state index contributed by atoms with van der Waals surface area (Å²) in [6.07, 6.45) is 7.22. The first kappa shape index (κ1) is 32.8. The minimum Gasteiger partial charge on any atom is -0.474 e. The maximum atomic E-state index is 14.2. The van der Waals surface area contributed by atoms with Crippen LogP contribution < -0.4 is 4.31 Å². The molecule has 2 heterocycles. The van der Waals surface area contributed by atoms with E-state index in [-0.39, 0.29) is 23.0 Å². The van der Waals surface area contributed by atoms with Crippen molar-refractivity contribution in [1.82, 2.24) is 5.16 Å². The Morgan fingerprint density at radius 2 is 1.80 bits per heavy atom. The van der Waals surface area contributed by atoms with Gasteiger partial charge >= 0.3 is 0 Å². The van der Waals surface area contributed by atoms with Gasteiger partial charge in [0.05, 0.1) is 11.5 Å². The van der Waals surface area contributed by atoms with Crippen molar-refractivity contribution in [2.75, 3.05) is 24.8 Å². The smallest absolute Gasteiger partial charge is 0.268 e. The molecule has 5 rings (SSSR count). The molecular formula is C34H44N4O6S. The van der Waals surface area contributed by atoms with E-state index < -0.39 is 10.0 Å². The Morgan fingerprint density at radius 1 is 1.02 bits per heavy atom. The number of aromatic nitrogens is 1. The quantitative estimate of drug-likeness (QED) is 0.173. The first-order chi connectivity index (χ1) is 21.7. The average Bonchev–Trinajstić information content (AvgIpc) is 3.75. The highest BCUT2D eigenvalue weighted by Crippen LogP contribution is 2.39. The number of anilines is 1. The molecule has 11 heteroatoms. The van der Waals surface area contributed by atoms with Crippen LogP contribution in [0.1, 0.15) is 81.2 Å². The molecule has 0 N–H and O–H groups in total. The number of aliphatic imine (C=N–C) groups is 2. The average molecular weight is 637 g/mol. The minimum atomic E-state index is -4.11. The zero-order valence-corrected chi connectivity index (χ0v) is 27.8. The second-order valence-corrected chi connectivity index (χ2v) is 13.5. The molecule has 0 saturated heterocycles. The molecule has 0 bridgehead atoms. The molecule has 0 radical (unpaired) electrons. The van der Waals surface area contributed by atoms with E-state index >= 15 is 0 Å². The zero-order valence-electron chi connectivity index (χ0n) is 27.0. The summed E-state index contributed by atoms with van der Waals surface area (Å²) in [4.78, 5) is 10.0. The first-order valence-electron chi connectivity index (χ1n) is 15.8. The van der Waals surface area contributed by atoms with Crippen molar-refractivity contribution in [3.05, 3.63) is 64.9 Å². The molecule has 2 aromatic carbocycles. The van der Waals surface area contributed by atoms with E-state index in [1.807, 2.05) is 37.3 Å². The van der Waals surface area contributed by atoms with Crippen molar-refractivity contribution < 1.29 is 27.2 Å². The fourth-order valence-electron chi connectivity index (χ4n) is 5.96. The molecule has 0 atom stereocenters. The lowest BCUT2D eigenvalue weighted by atomic mass is 9.97. The number of hydrogen-bond acceptors (Lipinski definition) is 9. The fourth-order valence-corrected chi connectivity index (χ4v) is 7.54. The monoisotopic (exact) mass is 636 g/mol. The number of methoxy groups -OCH3 is 1. The van der Waals surface area contributed by atoms with Crippen LogP contribution in [-0.4, -0.2) is 51.3 Å². The van der Waals surface area contributed by atoms with Crippen molar-refractivity contribution in [2.24, 2.45) is 9.98 Å². The largest absolute Gasteiger partial charge is 0.474 e. The third kappa shape index (κ3) is 6.85. The second-order valence-electron chi connectivity index (χ2n) is 11.7. The van der Waals surface area contributed by atoms with Crippen LogP contribution in [0, 0.1) is 13.8 Å². The van der Waals surface area contributed by atoms with Gasteiger partial charge in [-0.05, 0) is 68.9 Å². The van der Waals surface area contributed by atoms with E-state index in [0.717, 1.165) is 77.7 Å². The van der Waals surface area contributed by atoms with Crippen molar-refractivity contribution in [3.8, 4) is 11.1 Å². The number of hydrogen-bond donors (Lipinski definition) is 0. The second kappa shape index (κ2) is 14.3. The molecule has 0 unspecified atom stereocenters. The Morgan fingerprint density at radius 3 is 2.49 bits per heavy atom. The van der Waals surface area contributed by atoms with Gasteiger partial charge in [0.15, 0.2) is 5.82 Å². The summed E-state index contributed by atoms with van der Waals surface area (Å²) in [5.74, 6) is 2.37. The van der Waals surface area contributed by atoms with Crippen LogP contribution in [0.4, 0.5) is 5.82 Å². The molecule has 3 aromatic rings. The van der Waals surface area contributed by atoms with Gasteiger partial charge in [0.25, 0.3) is 10.0 Å². The number of benzene rings is 2. The maximum Gasteiger partial charge on any atom is 0.268 e. The Balaban J connectivity index is 1.47. The lowest BCUT2D eigenvalue weighted by molar-refractivity contribution is 0.134. The SMILES string of the molecule is CCCCC1=NC2(CCCC2)C(OCc2ccc(-c3ccccc3S(=O)(=O)N(COC)c3noc(C)c3C)c(COCC)c2)=N1. The Bertz CT molecular complexity index is 1660. The summed E-state index contributed by atoms with van der Waals surface area (Å²) in [6, 6.07) is 12.9. The normalized spacial score (nSPS) is 15.8. The molecule has 1 fully saturated rings. The van der Waals surface area contributed by atoms with E-state index in [0.29, 0.717) is 36.7 Å². The molecule has 1 spiro atoms. The van der Waals surface area contributed by atoms with Gasteiger partial charge in [-0.1, -0.05) is 61.7 Å². The van der Waals surface area contributed by atoms with Gasteiger partial charge < -0.3 is 18.7 Å².